The van der Waals surface area contributed by atoms with Crippen LogP contribution < -0.4 is 9.21 Å². The van der Waals surface area contributed by atoms with E-state index in [1.165, 1.54) is 39.9 Å². The zero-order chi connectivity index (χ0) is 25.6. The Morgan fingerprint density at radius 1 is 0.919 bits per heavy atom. The molecule has 1 fully saturated rings. The first-order valence-electron chi connectivity index (χ1n) is 12.2. The monoisotopic (exact) mass is 536 g/mol. The Labute approximate surface area is 218 Å². The Balaban J connectivity index is 1.14. The highest BCUT2D eigenvalue weighted by molar-refractivity contribution is 7.92. The molecule has 3 aromatic carbocycles. The number of thiazole rings is 1. The second kappa shape index (κ2) is 9.42. The van der Waals surface area contributed by atoms with Crippen LogP contribution in [0, 0.1) is 5.82 Å². The molecule has 1 aromatic heterocycles. The Bertz CT molecular complexity index is 1580. The van der Waals surface area contributed by atoms with Crippen molar-refractivity contribution in [3.05, 3.63) is 83.7 Å². The number of carbonyl (C=O) groups is 1. The third-order valence-electron chi connectivity index (χ3n) is 6.93. The molecular weight excluding hydrogens is 511 g/mol. The number of fused-ring (bicyclic) bond motifs is 2. The van der Waals surface area contributed by atoms with Crippen molar-refractivity contribution in [1.29, 1.82) is 0 Å². The summed E-state index contributed by atoms with van der Waals surface area (Å²) in [6, 6.07) is 18.4. The number of carbonyl (C=O) groups excluding carboxylic acids is 1. The maximum atomic E-state index is 13.5. The fourth-order valence-corrected chi connectivity index (χ4v) is 7.53. The molecule has 0 N–H and O–H groups in total. The van der Waals surface area contributed by atoms with E-state index in [0.717, 1.165) is 39.4 Å². The van der Waals surface area contributed by atoms with Crippen LogP contribution in [0.15, 0.2) is 71.6 Å². The van der Waals surface area contributed by atoms with Crippen LogP contribution >= 0.6 is 11.3 Å². The van der Waals surface area contributed by atoms with E-state index in [-0.39, 0.29) is 16.6 Å². The van der Waals surface area contributed by atoms with Crippen LogP contribution in [0.2, 0.25) is 0 Å². The number of hydrogen-bond acceptors (Lipinski definition) is 6. The van der Waals surface area contributed by atoms with Crippen LogP contribution in [-0.2, 0) is 16.4 Å². The average Bonchev–Trinajstić information content (AvgIpc) is 3.36. The van der Waals surface area contributed by atoms with Gasteiger partial charge in [0, 0.05) is 38.3 Å². The number of aryl methyl sites for hydroxylation is 1. The molecule has 0 spiro atoms. The van der Waals surface area contributed by atoms with Crippen LogP contribution in [0.1, 0.15) is 22.3 Å². The molecular formula is C27H25FN4O3S2. The highest BCUT2D eigenvalue weighted by Gasteiger charge is 2.29. The molecule has 0 unspecified atom stereocenters. The fraction of sp³-hybridized carbons (Fsp3) is 0.259. The second-order valence-corrected chi connectivity index (χ2v) is 12.1. The molecule has 1 amide bonds. The van der Waals surface area contributed by atoms with Gasteiger partial charge in [0.05, 0.1) is 20.8 Å². The predicted molar refractivity (Wildman–Crippen MR) is 143 cm³/mol. The zero-order valence-electron chi connectivity index (χ0n) is 20.0. The molecule has 6 rings (SSSR count). The number of sulfonamides is 1. The molecule has 2 aliphatic heterocycles. The van der Waals surface area contributed by atoms with Crippen LogP contribution in [0.3, 0.4) is 0 Å². The van der Waals surface area contributed by atoms with Gasteiger partial charge in [-0.15, -0.1) is 0 Å². The third-order valence-corrected chi connectivity index (χ3v) is 9.84. The molecule has 0 aliphatic carbocycles. The lowest BCUT2D eigenvalue weighted by Crippen LogP contribution is -2.48. The Kier molecular flexibility index (Phi) is 6.08. The van der Waals surface area contributed by atoms with Gasteiger partial charge in [-0.3, -0.25) is 9.10 Å². The number of hydrogen-bond donors (Lipinski definition) is 0. The van der Waals surface area contributed by atoms with E-state index in [9.17, 15) is 17.6 Å². The number of rotatable bonds is 4. The Morgan fingerprint density at radius 3 is 2.46 bits per heavy atom. The largest absolute Gasteiger partial charge is 0.345 e. The summed E-state index contributed by atoms with van der Waals surface area (Å²) in [4.78, 5) is 21.8. The summed E-state index contributed by atoms with van der Waals surface area (Å²) < 4.78 is 42.6. The standard InChI is InChI=1S/C27H25FN4O3S2/c28-21-9-12-23-25(18-21)36-27(29-23)31-16-14-30(15-17-31)26(33)20-7-10-22(11-8-20)37(34,35)32-13-3-5-19-4-1-2-6-24(19)32/h1-2,4,6-12,18H,3,5,13-17H2. The topological polar surface area (TPSA) is 73.8 Å². The van der Waals surface area contributed by atoms with Gasteiger partial charge in [0.25, 0.3) is 15.9 Å². The van der Waals surface area contributed by atoms with E-state index in [1.54, 1.807) is 23.1 Å². The minimum absolute atomic E-state index is 0.127. The Hall–Kier alpha value is -3.50. The van der Waals surface area contributed by atoms with Crippen LogP contribution in [0.25, 0.3) is 10.2 Å². The lowest BCUT2D eigenvalue weighted by molar-refractivity contribution is 0.0746. The van der Waals surface area contributed by atoms with Gasteiger partial charge < -0.3 is 9.80 Å². The molecule has 7 nitrogen and oxygen atoms in total. The van der Waals surface area contributed by atoms with Crippen LogP contribution in [-0.4, -0.2) is 56.9 Å². The third kappa shape index (κ3) is 4.44. The zero-order valence-corrected chi connectivity index (χ0v) is 21.6. The van der Waals surface area contributed by atoms with E-state index in [1.807, 2.05) is 24.3 Å². The van der Waals surface area contributed by atoms with Gasteiger partial charge >= 0.3 is 0 Å². The van der Waals surface area contributed by atoms with E-state index in [4.69, 9.17) is 0 Å². The molecule has 0 saturated carbocycles. The first-order valence-corrected chi connectivity index (χ1v) is 14.5. The first-order chi connectivity index (χ1) is 17.9. The average molecular weight is 537 g/mol. The number of halogens is 1. The second-order valence-electron chi connectivity index (χ2n) is 9.22. The molecule has 1 saturated heterocycles. The highest BCUT2D eigenvalue weighted by atomic mass is 32.2. The summed E-state index contributed by atoms with van der Waals surface area (Å²) in [5.74, 6) is -0.407. The number of amides is 1. The quantitative estimate of drug-likeness (QED) is 0.383. The lowest BCUT2D eigenvalue weighted by Gasteiger charge is -2.34. The number of aromatic nitrogens is 1. The molecule has 2 aliphatic rings. The van der Waals surface area contributed by atoms with Gasteiger partial charge in [0.1, 0.15) is 5.82 Å². The smallest absolute Gasteiger partial charge is 0.264 e. The molecule has 10 heteroatoms. The van der Waals surface area contributed by atoms with Crippen molar-refractivity contribution in [2.75, 3.05) is 41.9 Å². The van der Waals surface area contributed by atoms with Crippen molar-refractivity contribution in [3.63, 3.8) is 0 Å². The molecule has 0 bridgehead atoms. The van der Waals surface area contributed by atoms with Crippen molar-refractivity contribution in [2.24, 2.45) is 0 Å². The SMILES string of the molecule is O=C(c1ccc(S(=O)(=O)N2CCCc3ccccc32)cc1)N1CCN(c2nc3ccc(F)cc3s2)CC1. The molecule has 0 atom stereocenters. The van der Waals surface area contributed by atoms with Gasteiger partial charge in [-0.25, -0.2) is 17.8 Å². The maximum Gasteiger partial charge on any atom is 0.264 e. The van der Waals surface area contributed by atoms with Gasteiger partial charge in [0.2, 0.25) is 0 Å². The van der Waals surface area contributed by atoms with E-state index in [2.05, 4.69) is 9.88 Å². The van der Waals surface area contributed by atoms with Gasteiger partial charge in [-0.05, 0) is 66.9 Å². The summed E-state index contributed by atoms with van der Waals surface area (Å²) >= 11 is 1.45. The Morgan fingerprint density at radius 2 is 1.68 bits per heavy atom. The van der Waals surface area contributed by atoms with E-state index in [0.29, 0.717) is 38.3 Å². The lowest BCUT2D eigenvalue weighted by atomic mass is 10.0. The number of piperazine rings is 1. The summed E-state index contributed by atoms with van der Waals surface area (Å²) in [5.41, 5.74) is 2.98. The van der Waals surface area contributed by atoms with Crippen LogP contribution in [0.4, 0.5) is 15.2 Å². The van der Waals surface area contributed by atoms with Gasteiger partial charge in [0.15, 0.2) is 5.13 Å². The normalized spacial score (nSPS) is 16.2. The number of benzene rings is 3. The van der Waals surface area contributed by atoms with E-state index >= 15 is 0 Å². The number of nitrogens with zero attached hydrogens (tertiary/aromatic N) is 4. The van der Waals surface area contributed by atoms with Crippen molar-refractivity contribution < 1.29 is 17.6 Å². The molecule has 3 heterocycles. The first kappa shape index (κ1) is 23.9. The summed E-state index contributed by atoms with van der Waals surface area (Å²) in [6.07, 6.45) is 1.63. The number of anilines is 2. The summed E-state index contributed by atoms with van der Waals surface area (Å²) in [6.45, 7) is 2.72. The molecule has 190 valence electrons. The molecule has 37 heavy (non-hydrogen) atoms. The van der Waals surface area contributed by atoms with Crippen molar-refractivity contribution in [3.8, 4) is 0 Å². The maximum absolute atomic E-state index is 13.5. The number of para-hydroxylation sites is 1. The minimum Gasteiger partial charge on any atom is -0.345 e. The predicted octanol–water partition coefficient (Wildman–Crippen LogP) is 4.54. The molecule has 4 aromatic rings. The van der Waals surface area contributed by atoms with Crippen molar-refractivity contribution >= 4 is 48.3 Å². The minimum atomic E-state index is -3.72. The van der Waals surface area contributed by atoms with Crippen molar-refractivity contribution in [2.45, 2.75) is 17.7 Å². The van der Waals surface area contributed by atoms with Crippen LogP contribution in [0.5, 0.6) is 0 Å². The van der Waals surface area contributed by atoms with Gasteiger partial charge in [-0.1, -0.05) is 29.5 Å². The fourth-order valence-electron chi connectivity index (χ4n) is 4.95. The summed E-state index contributed by atoms with van der Waals surface area (Å²) in [7, 11) is -3.72. The van der Waals surface area contributed by atoms with Crippen molar-refractivity contribution in [1.82, 2.24) is 9.88 Å². The van der Waals surface area contributed by atoms with Gasteiger partial charge in [-0.2, -0.15) is 0 Å². The summed E-state index contributed by atoms with van der Waals surface area (Å²) in [5, 5.41) is 0.821. The van der Waals surface area contributed by atoms with E-state index < -0.39 is 10.0 Å². The highest BCUT2D eigenvalue weighted by Crippen LogP contribution is 2.32. The molecule has 0 radical (unpaired) electrons.